The summed E-state index contributed by atoms with van der Waals surface area (Å²) in [5.74, 6) is 0.927. The van der Waals surface area contributed by atoms with E-state index in [2.05, 4.69) is 17.4 Å². The van der Waals surface area contributed by atoms with Crippen LogP contribution >= 0.6 is 0 Å². The fourth-order valence-corrected chi connectivity index (χ4v) is 1.40. The standard InChI is InChI=1S/C13H21NO2/c1-3-15-9-4-10-16-13-7-5-12(6-8-13)11-14-2/h5-8,14H,3-4,9-11H2,1-2H3. The molecule has 0 unspecified atom stereocenters. The highest BCUT2D eigenvalue weighted by Crippen LogP contribution is 2.12. The van der Waals surface area contributed by atoms with Gasteiger partial charge in [-0.1, -0.05) is 12.1 Å². The van der Waals surface area contributed by atoms with E-state index in [4.69, 9.17) is 9.47 Å². The van der Waals surface area contributed by atoms with Crippen LogP contribution in [0.25, 0.3) is 0 Å². The molecule has 0 bridgehead atoms. The average Bonchev–Trinajstić information content (AvgIpc) is 2.31. The SMILES string of the molecule is CCOCCCOc1ccc(CNC)cc1. The molecule has 0 aliphatic heterocycles. The van der Waals surface area contributed by atoms with E-state index in [-0.39, 0.29) is 0 Å². The smallest absolute Gasteiger partial charge is 0.119 e. The second-order valence-corrected chi connectivity index (χ2v) is 3.57. The van der Waals surface area contributed by atoms with Gasteiger partial charge in [-0.15, -0.1) is 0 Å². The summed E-state index contributed by atoms with van der Waals surface area (Å²) in [5, 5.41) is 3.11. The van der Waals surface area contributed by atoms with Crippen LogP contribution in [0.1, 0.15) is 18.9 Å². The molecular formula is C13H21NO2. The van der Waals surface area contributed by atoms with Crippen LogP contribution in [0, 0.1) is 0 Å². The van der Waals surface area contributed by atoms with Crippen molar-refractivity contribution in [3.8, 4) is 5.75 Å². The maximum atomic E-state index is 5.59. The largest absolute Gasteiger partial charge is 0.494 e. The van der Waals surface area contributed by atoms with E-state index < -0.39 is 0 Å². The van der Waals surface area contributed by atoms with Gasteiger partial charge in [0, 0.05) is 26.2 Å². The highest BCUT2D eigenvalue weighted by atomic mass is 16.5. The minimum Gasteiger partial charge on any atom is -0.494 e. The lowest BCUT2D eigenvalue weighted by molar-refractivity contribution is 0.131. The molecule has 16 heavy (non-hydrogen) atoms. The molecule has 0 spiro atoms. The van der Waals surface area contributed by atoms with Gasteiger partial charge in [0.2, 0.25) is 0 Å². The van der Waals surface area contributed by atoms with Crippen molar-refractivity contribution in [2.75, 3.05) is 26.9 Å². The molecular weight excluding hydrogens is 202 g/mol. The minimum atomic E-state index is 0.714. The molecule has 0 radical (unpaired) electrons. The highest BCUT2D eigenvalue weighted by molar-refractivity contribution is 5.27. The van der Waals surface area contributed by atoms with Crippen LogP contribution in [0.2, 0.25) is 0 Å². The molecule has 0 heterocycles. The molecule has 0 fully saturated rings. The normalized spacial score (nSPS) is 10.4. The second kappa shape index (κ2) is 8.13. The Balaban J connectivity index is 2.21. The van der Waals surface area contributed by atoms with Crippen molar-refractivity contribution >= 4 is 0 Å². The topological polar surface area (TPSA) is 30.5 Å². The second-order valence-electron chi connectivity index (χ2n) is 3.57. The number of hydrogen-bond donors (Lipinski definition) is 1. The van der Waals surface area contributed by atoms with Gasteiger partial charge in [-0.25, -0.2) is 0 Å². The quantitative estimate of drug-likeness (QED) is 0.685. The van der Waals surface area contributed by atoms with E-state index in [1.54, 1.807) is 0 Å². The maximum absolute atomic E-state index is 5.59. The maximum Gasteiger partial charge on any atom is 0.119 e. The molecule has 90 valence electrons. The molecule has 3 heteroatoms. The zero-order valence-electron chi connectivity index (χ0n) is 10.2. The van der Waals surface area contributed by atoms with Crippen LogP contribution in [0.5, 0.6) is 5.75 Å². The van der Waals surface area contributed by atoms with E-state index in [1.165, 1.54) is 5.56 Å². The number of benzene rings is 1. The summed E-state index contributed by atoms with van der Waals surface area (Å²) >= 11 is 0. The van der Waals surface area contributed by atoms with Crippen molar-refractivity contribution in [2.24, 2.45) is 0 Å². The highest BCUT2D eigenvalue weighted by Gasteiger charge is 1.95. The Bertz CT molecular complexity index is 272. The van der Waals surface area contributed by atoms with Crippen LogP contribution in [0.4, 0.5) is 0 Å². The van der Waals surface area contributed by atoms with Gasteiger partial charge in [-0.3, -0.25) is 0 Å². The molecule has 0 aliphatic carbocycles. The first-order valence-corrected chi connectivity index (χ1v) is 5.81. The van der Waals surface area contributed by atoms with Crippen molar-refractivity contribution in [3.05, 3.63) is 29.8 Å². The monoisotopic (exact) mass is 223 g/mol. The first-order chi connectivity index (χ1) is 7.86. The Labute approximate surface area is 97.8 Å². The van der Waals surface area contributed by atoms with E-state index in [0.29, 0.717) is 6.61 Å². The van der Waals surface area contributed by atoms with Crippen LogP contribution in [-0.2, 0) is 11.3 Å². The lowest BCUT2D eigenvalue weighted by atomic mass is 10.2. The van der Waals surface area contributed by atoms with Gasteiger partial charge >= 0.3 is 0 Å². The fourth-order valence-electron chi connectivity index (χ4n) is 1.40. The lowest BCUT2D eigenvalue weighted by Crippen LogP contribution is -2.05. The predicted molar refractivity (Wildman–Crippen MR) is 65.8 cm³/mol. The Morgan fingerprint density at radius 2 is 1.88 bits per heavy atom. The number of ether oxygens (including phenoxy) is 2. The summed E-state index contributed by atoms with van der Waals surface area (Å²) in [6.07, 6.45) is 0.937. The fraction of sp³-hybridized carbons (Fsp3) is 0.538. The number of hydrogen-bond acceptors (Lipinski definition) is 3. The van der Waals surface area contributed by atoms with Gasteiger partial charge in [0.25, 0.3) is 0 Å². The molecule has 0 amide bonds. The third-order valence-corrected chi connectivity index (χ3v) is 2.21. The van der Waals surface area contributed by atoms with Gasteiger partial charge < -0.3 is 14.8 Å². The van der Waals surface area contributed by atoms with Crippen molar-refractivity contribution in [2.45, 2.75) is 19.9 Å². The van der Waals surface area contributed by atoms with Gasteiger partial charge in [-0.05, 0) is 31.7 Å². The first-order valence-electron chi connectivity index (χ1n) is 5.81. The first kappa shape index (κ1) is 13.0. The summed E-state index contributed by atoms with van der Waals surface area (Å²) in [4.78, 5) is 0. The third kappa shape index (κ3) is 5.14. The summed E-state index contributed by atoms with van der Waals surface area (Å²) in [6.45, 7) is 5.16. The summed E-state index contributed by atoms with van der Waals surface area (Å²) in [6, 6.07) is 8.17. The molecule has 0 atom stereocenters. The molecule has 0 aromatic heterocycles. The van der Waals surface area contributed by atoms with E-state index in [0.717, 1.165) is 31.9 Å². The molecule has 1 N–H and O–H groups in total. The van der Waals surface area contributed by atoms with Crippen molar-refractivity contribution < 1.29 is 9.47 Å². The molecule has 1 rings (SSSR count). The Morgan fingerprint density at radius 1 is 1.12 bits per heavy atom. The summed E-state index contributed by atoms with van der Waals surface area (Å²) < 4.78 is 10.8. The van der Waals surface area contributed by atoms with Crippen molar-refractivity contribution in [1.29, 1.82) is 0 Å². The van der Waals surface area contributed by atoms with Gasteiger partial charge in [0.15, 0.2) is 0 Å². The molecule has 1 aromatic carbocycles. The zero-order valence-corrected chi connectivity index (χ0v) is 10.2. The molecule has 0 aliphatic rings. The van der Waals surface area contributed by atoms with E-state index in [9.17, 15) is 0 Å². The summed E-state index contributed by atoms with van der Waals surface area (Å²) in [5.41, 5.74) is 1.27. The third-order valence-electron chi connectivity index (χ3n) is 2.21. The Hall–Kier alpha value is -1.06. The van der Waals surface area contributed by atoms with Crippen molar-refractivity contribution in [1.82, 2.24) is 5.32 Å². The van der Waals surface area contributed by atoms with Crippen LogP contribution < -0.4 is 10.1 Å². The molecule has 0 saturated carbocycles. The van der Waals surface area contributed by atoms with Gasteiger partial charge in [0.05, 0.1) is 6.61 Å². The molecule has 0 saturated heterocycles. The molecule has 3 nitrogen and oxygen atoms in total. The predicted octanol–water partition coefficient (Wildman–Crippen LogP) is 2.21. The van der Waals surface area contributed by atoms with Crippen LogP contribution in [0.3, 0.4) is 0 Å². The minimum absolute atomic E-state index is 0.714. The van der Waals surface area contributed by atoms with Crippen molar-refractivity contribution in [3.63, 3.8) is 0 Å². The lowest BCUT2D eigenvalue weighted by Gasteiger charge is -2.07. The van der Waals surface area contributed by atoms with Gasteiger partial charge in [-0.2, -0.15) is 0 Å². The summed E-state index contributed by atoms with van der Waals surface area (Å²) in [7, 11) is 1.94. The zero-order chi connectivity index (χ0) is 11.6. The molecule has 1 aromatic rings. The van der Waals surface area contributed by atoms with Crippen LogP contribution in [0.15, 0.2) is 24.3 Å². The van der Waals surface area contributed by atoms with Gasteiger partial charge in [0.1, 0.15) is 5.75 Å². The average molecular weight is 223 g/mol. The van der Waals surface area contributed by atoms with E-state index >= 15 is 0 Å². The van der Waals surface area contributed by atoms with E-state index in [1.807, 2.05) is 26.1 Å². The number of rotatable bonds is 8. The Morgan fingerprint density at radius 3 is 2.50 bits per heavy atom. The number of nitrogens with one attached hydrogen (secondary N) is 1. The Kier molecular flexibility index (Phi) is 6.61. The van der Waals surface area contributed by atoms with Crippen LogP contribution in [-0.4, -0.2) is 26.9 Å².